The first-order chi connectivity index (χ1) is 11.5. The number of aromatic carboxylic acids is 2. The third-order valence-electron chi connectivity index (χ3n) is 3.19. The average Bonchev–Trinajstić information content (AvgIpc) is 2.58. The van der Waals surface area contributed by atoms with Crippen LogP contribution in [0.15, 0.2) is 48.5 Å². The van der Waals surface area contributed by atoms with Crippen LogP contribution in [0.3, 0.4) is 0 Å². The number of hydrogen-bond acceptors (Lipinski definition) is 4. The van der Waals surface area contributed by atoms with Crippen molar-refractivity contribution >= 4 is 18.0 Å². The smallest absolute Gasteiger partial charge is 0.407 e. The van der Waals surface area contributed by atoms with E-state index in [9.17, 15) is 14.4 Å². The lowest BCUT2D eigenvalue weighted by atomic mass is 10.0. The minimum absolute atomic E-state index is 0.0216. The fraction of sp³-hybridized carbons (Fsp3) is 0.118. The van der Waals surface area contributed by atoms with Crippen LogP contribution < -0.4 is 5.32 Å². The number of benzene rings is 2. The quantitative estimate of drug-likeness (QED) is 0.750. The van der Waals surface area contributed by atoms with Gasteiger partial charge < -0.3 is 20.3 Å². The highest BCUT2D eigenvalue weighted by Crippen LogP contribution is 2.13. The summed E-state index contributed by atoms with van der Waals surface area (Å²) in [4.78, 5) is 33.7. The molecule has 0 aromatic heterocycles. The molecule has 0 fully saturated rings. The Morgan fingerprint density at radius 2 is 1.54 bits per heavy atom. The molecule has 0 aliphatic heterocycles. The fourth-order valence-electron chi connectivity index (χ4n) is 2.01. The second kappa shape index (κ2) is 7.77. The summed E-state index contributed by atoms with van der Waals surface area (Å²) in [5.41, 5.74) is 0.651. The average molecular weight is 329 g/mol. The van der Waals surface area contributed by atoms with E-state index < -0.39 is 18.0 Å². The maximum Gasteiger partial charge on any atom is 0.407 e. The molecule has 2 aromatic carbocycles. The van der Waals surface area contributed by atoms with E-state index in [1.54, 1.807) is 0 Å². The first kappa shape index (κ1) is 17.0. The van der Waals surface area contributed by atoms with Gasteiger partial charge in [0.15, 0.2) is 0 Å². The number of carbonyl (C=O) groups is 3. The molecule has 0 atom stereocenters. The molecule has 124 valence electrons. The van der Waals surface area contributed by atoms with Crippen molar-refractivity contribution in [2.45, 2.75) is 13.2 Å². The van der Waals surface area contributed by atoms with E-state index in [2.05, 4.69) is 5.32 Å². The first-order valence-corrected chi connectivity index (χ1v) is 7.01. The third-order valence-corrected chi connectivity index (χ3v) is 3.19. The van der Waals surface area contributed by atoms with Gasteiger partial charge in [-0.2, -0.15) is 0 Å². The van der Waals surface area contributed by atoms with Crippen LogP contribution in [0.2, 0.25) is 0 Å². The van der Waals surface area contributed by atoms with Crippen molar-refractivity contribution in [1.82, 2.24) is 5.32 Å². The van der Waals surface area contributed by atoms with Crippen LogP contribution in [0.5, 0.6) is 0 Å². The number of hydrogen-bond donors (Lipinski definition) is 3. The first-order valence-electron chi connectivity index (χ1n) is 7.01. The van der Waals surface area contributed by atoms with Gasteiger partial charge >= 0.3 is 18.0 Å². The standard InChI is InChI=1S/C17H15NO6/c19-15(20)13-7-6-12(8-14(13)16(21)22)9-18-17(23)24-10-11-4-2-1-3-5-11/h1-8H,9-10H2,(H,18,23)(H,19,20)(H,21,22). The Kier molecular flexibility index (Phi) is 5.51. The minimum atomic E-state index is -1.35. The number of carbonyl (C=O) groups excluding carboxylic acids is 1. The lowest BCUT2D eigenvalue weighted by molar-refractivity contribution is 0.0651. The van der Waals surface area contributed by atoms with Crippen molar-refractivity contribution in [2.75, 3.05) is 0 Å². The van der Waals surface area contributed by atoms with E-state index >= 15 is 0 Å². The van der Waals surface area contributed by atoms with Gasteiger partial charge in [-0.15, -0.1) is 0 Å². The second-order valence-electron chi connectivity index (χ2n) is 4.91. The highest BCUT2D eigenvalue weighted by Gasteiger charge is 2.16. The van der Waals surface area contributed by atoms with Crippen LogP contribution in [0.25, 0.3) is 0 Å². The summed E-state index contributed by atoms with van der Waals surface area (Å²) in [7, 11) is 0. The Morgan fingerprint density at radius 3 is 2.17 bits per heavy atom. The zero-order valence-electron chi connectivity index (χ0n) is 12.6. The van der Waals surface area contributed by atoms with E-state index in [0.29, 0.717) is 5.56 Å². The zero-order valence-corrected chi connectivity index (χ0v) is 12.6. The molecule has 7 heteroatoms. The van der Waals surface area contributed by atoms with Gasteiger partial charge in [0.25, 0.3) is 0 Å². The van der Waals surface area contributed by atoms with Gasteiger partial charge in [-0.25, -0.2) is 14.4 Å². The van der Waals surface area contributed by atoms with Crippen LogP contribution in [-0.4, -0.2) is 28.2 Å². The molecule has 3 N–H and O–H groups in total. The van der Waals surface area contributed by atoms with E-state index in [1.165, 1.54) is 18.2 Å². The Morgan fingerprint density at radius 1 is 0.875 bits per heavy atom. The molecular weight excluding hydrogens is 314 g/mol. The Labute approximate surface area is 137 Å². The number of carboxylic acid groups (broad SMARTS) is 2. The van der Waals surface area contributed by atoms with Gasteiger partial charge in [0.05, 0.1) is 11.1 Å². The van der Waals surface area contributed by atoms with E-state index in [0.717, 1.165) is 5.56 Å². The molecule has 0 spiro atoms. The molecule has 24 heavy (non-hydrogen) atoms. The van der Waals surface area contributed by atoms with E-state index in [1.807, 2.05) is 30.3 Å². The largest absolute Gasteiger partial charge is 0.478 e. The van der Waals surface area contributed by atoms with Crippen LogP contribution >= 0.6 is 0 Å². The SMILES string of the molecule is O=C(NCc1ccc(C(=O)O)c(C(=O)O)c1)OCc1ccccc1. The summed E-state index contributed by atoms with van der Waals surface area (Å²) < 4.78 is 5.03. The highest BCUT2D eigenvalue weighted by atomic mass is 16.5. The predicted molar refractivity (Wildman–Crippen MR) is 83.8 cm³/mol. The molecule has 0 saturated carbocycles. The molecule has 0 unspecified atom stereocenters. The molecule has 0 bridgehead atoms. The number of alkyl carbamates (subject to hydrolysis) is 1. The van der Waals surface area contributed by atoms with Gasteiger partial charge in [-0.05, 0) is 23.3 Å². The van der Waals surface area contributed by atoms with Gasteiger partial charge in [-0.3, -0.25) is 0 Å². The van der Waals surface area contributed by atoms with Crippen molar-refractivity contribution in [2.24, 2.45) is 0 Å². The van der Waals surface area contributed by atoms with Gasteiger partial charge in [0, 0.05) is 6.54 Å². The zero-order chi connectivity index (χ0) is 17.5. The summed E-state index contributed by atoms with van der Waals surface area (Å²) in [6.45, 7) is 0.138. The van der Waals surface area contributed by atoms with Crippen LogP contribution in [0, 0.1) is 0 Å². The molecule has 2 aromatic rings. The number of nitrogens with one attached hydrogen (secondary N) is 1. The Hall–Kier alpha value is -3.35. The molecule has 0 aliphatic carbocycles. The minimum Gasteiger partial charge on any atom is -0.478 e. The summed E-state index contributed by atoms with van der Waals surface area (Å²) in [6, 6.07) is 13.0. The van der Waals surface area contributed by atoms with E-state index in [-0.39, 0.29) is 24.3 Å². The molecule has 7 nitrogen and oxygen atoms in total. The van der Waals surface area contributed by atoms with Gasteiger partial charge in [0.1, 0.15) is 6.61 Å². The van der Waals surface area contributed by atoms with Crippen molar-refractivity contribution in [1.29, 1.82) is 0 Å². The number of carboxylic acids is 2. The summed E-state index contributed by atoms with van der Waals surface area (Å²) >= 11 is 0. The number of rotatable bonds is 6. The van der Waals surface area contributed by atoms with Crippen molar-refractivity contribution in [3.8, 4) is 0 Å². The molecule has 0 heterocycles. The molecular formula is C17H15NO6. The van der Waals surface area contributed by atoms with Crippen LogP contribution in [0.4, 0.5) is 4.79 Å². The fourth-order valence-corrected chi connectivity index (χ4v) is 2.01. The lowest BCUT2D eigenvalue weighted by Gasteiger charge is -2.09. The monoisotopic (exact) mass is 329 g/mol. The van der Waals surface area contributed by atoms with Crippen LogP contribution in [-0.2, 0) is 17.9 Å². The summed E-state index contributed by atoms with van der Waals surface area (Å²) in [5, 5.41) is 20.5. The maximum absolute atomic E-state index is 11.6. The molecule has 0 aliphatic rings. The topological polar surface area (TPSA) is 113 Å². The second-order valence-corrected chi connectivity index (χ2v) is 4.91. The van der Waals surface area contributed by atoms with Gasteiger partial charge in [-0.1, -0.05) is 36.4 Å². The van der Waals surface area contributed by atoms with Crippen molar-refractivity contribution < 1.29 is 29.3 Å². The van der Waals surface area contributed by atoms with E-state index in [4.69, 9.17) is 14.9 Å². The summed E-state index contributed by atoms with van der Waals surface area (Å²) in [5.74, 6) is -2.67. The van der Waals surface area contributed by atoms with Crippen molar-refractivity contribution in [3.63, 3.8) is 0 Å². The Bertz CT molecular complexity index is 757. The number of amides is 1. The molecule has 2 rings (SSSR count). The maximum atomic E-state index is 11.6. The molecule has 0 radical (unpaired) electrons. The third kappa shape index (κ3) is 4.57. The molecule has 1 amide bonds. The summed E-state index contributed by atoms with van der Waals surface area (Å²) in [6.07, 6.45) is -0.655. The van der Waals surface area contributed by atoms with Crippen LogP contribution in [0.1, 0.15) is 31.8 Å². The molecule has 0 saturated heterocycles. The number of ether oxygens (including phenoxy) is 1. The predicted octanol–water partition coefficient (Wildman–Crippen LogP) is 2.51. The normalized spacial score (nSPS) is 10.0. The van der Waals surface area contributed by atoms with Crippen molar-refractivity contribution in [3.05, 3.63) is 70.8 Å². The lowest BCUT2D eigenvalue weighted by Crippen LogP contribution is -2.24. The Balaban J connectivity index is 1.94. The van der Waals surface area contributed by atoms with Gasteiger partial charge in [0.2, 0.25) is 0 Å². The highest BCUT2D eigenvalue weighted by molar-refractivity contribution is 6.01.